The molecule has 3 aromatic carbocycles. The quantitative estimate of drug-likeness (QED) is 0.264. The van der Waals surface area contributed by atoms with Crippen molar-refractivity contribution in [2.45, 2.75) is 91.9 Å². The van der Waals surface area contributed by atoms with Gasteiger partial charge in [-0.3, -0.25) is 0 Å². The Balaban J connectivity index is 1.98. The highest BCUT2D eigenvalue weighted by Gasteiger charge is 2.13. The Morgan fingerprint density at radius 3 is 1.47 bits per heavy atom. The average molecular weight is 403 g/mol. The Morgan fingerprint density at radius 1 is 0.600 bits per heavy atom. The zero-order valence-electron chi connectivity index (χ0n) is 19.8. The van der Waals surface area contributed by atoms with Crippen molar-refractivity contribution in [3.63, 3.8) is 0 Å². The van der Waals surface area contributed by atoms with Crippen molar-refractivity contribution in [2.75, 3.05) is 0 Å². The number of hydrogen-bond acceptors (Lipinski definition) is 0. The third-order valence-electron chi connectivity index (χ3n) is 7.16. The molecule has 0 aromatic heterocycles. The van der Waals surface area contributed by atoms with Gasteiger partial charge in [-0.2, -0.15) is 0 Å². The van der Waals surface area contributed by atoms with E-state index in [2.05, 4.69) is 76.2 Å². The van der Waals surface area contributed by atoms with E-state index in [1.807, 2.05) is 0 Å². The number of fused-ring (bicyclic) bond motifs is 2. The molecule has 0 amide bonds. The van der Waals surface area contributed by atoms with Gasteiger partial charge in [0.15, 0.2) is 0 Å². The van der Waals surface area contributed by atoms with Gasteiger partial charge in [0.05, 0.1) is 0 Å². The van der Waals surface area contributed by atoms with Crippen LogP contribution in [0.4, 0.5) is 0 Å². The van der Waals surface area contributed by atoms with Crippen LogP contribution in [0.5, 0.6) is 0 Å². The normalized spacial score (nSPS) is 13.7. The van der Waals surface area contributed by atoms with Gasteiger partial charge in [-0.25, -0.2) is 0 Å². The number of hydrogen-bond donors (Lipinski definition) is 0. The summed E-state index contributed by atoms with van der Waals surface area (Å²) in [4.78, 5) is 0. The molecule has 3 rings (SSSR count). The molecule has 0 N–H and O–H groups in total. The zero-order chi connectivity index (χ0) is 21.3. The van der Waals surface area contributed by atoms with E-state index in [1.54, 1.807) is 11.1 Å². The van der Waals surface area contributed by atoms with E-state index in [4.69, 9.17) is 0 Å². The van der Waals surface area contributed by atoms with Crippen LogP contribution < -0.4 is 0 Å². The highest BCUT2D eigenvalue weighted by molar-refractivity contribution is 6.01. The predicted molar refractivity (Wildman–Crippen MR) is 135 cm³/mol. The second kappa shape index (κ2) is 11.5. The molecule has 0 radical (unpaired) electrons. The molecule has 2 unspecified atom stereocenters. The van der Waals surface area contributed by atoms with Crippen molar-refractivity contribution in [1.82, 2.24) is 0 Å². The lowest BCUT2D eigenvalue weighted by molar-refractivity contribution is 0.450. The molecule has 2 atom stereocenters. The van der Waals surface area contributed by atoms with Crippen LogP contribution in [0.2, 0.25) is 0 Å². The molecule has 0 bridgehead atoms. The van der Waals surface area contributed by atoms with Crippen LogP contribution in [0.1, 0.15) is 90.2 Å². The van der Waals surface area contributed by atoms with Gasteiger partial charge in [-0.05, 0) is 69.5 Å². The predicted octanol–water partition coefficient (Wildman–Crippen LogP) is 9.51. The number of unbranched alkanes of at least 4 members (excludes halogenated alkanes) is 2. The first kappa shape index (κ1) is 22.9. The van der Waals surface area contributed by atoms with Crippen LogP contribution in [0.25, 0.3) is 21.5 Å². The van der Waals surface area contributed by atoms with Gasteiger partial charge in [0.2, 0.25) is 0 Å². The van der Waals surface area contributed by atoms with Gasteiger partial charge < -0.3 is 0 Å². The molecule has 0 heterocycles. The molecule has 0 nitrogen and oxygen atoms in total. The Morgan fingerprint density at radius 2 is 1.07 bits per heavy atom. The fourth-order valence-electron chi connectivity index (χ4n) is 5.05. The van der Waals surface area contributed by atoms with Crippen molar-refractivity contribution in [1.29, 1.82) is 0 Å². The maximum Gasteiger partial charge on any atom is -0.0145 e. The van der Waals surface area contributed by atoms with E-state index in [-0.39, 0.29) is 0 Å². The molecule has 0 heteroatoms. The summed E-state index contributed by atoms with van der Waals surface area (Å²) in [7, 11) is 0. The molecular weight excluding hydrogens is 360 g/mol. The lowest BCUT2D eigenvalue weighted by Gasteiger charge is -2.18. The van der Waals surface area contributed by atoms with Gasteiger partial charge in [0.1, 0.15) is 0 Å². The standard InChI is InChI=1S/C30H42/c1-5-9-13-23(7-3)19-25-15-11-17-27-21-28-18-12-16-26(30(28)22-29(25)27)20-24(8-4)14-10-6-2/h11-12,15-18,21-24H,5-10,13-14,19-20H2,1-4H3. The monoisotopic (exact) mass is 402 g/mol. The SMILES string of the molecule is CCCCC(CC)Cc1cccc2cc3cccc(CC(CC)CCCC)c3cc12. The van der Waals surface area contributed by atoms with Gasteiger partial charge in [0, 0.05) is 0 Å². The number of rotatable bonds is 12. The minimum absolute atomic E-state index is 0.806. The van der Waals surface area contributed by atoms with Crippen molar-refractivity contribution in [2.24, 2.45) is 11.8 Å². The van der Waals surface area contributed by atoms with Crippen molar-refractivity contribution in [3.8, 4) is 0 Å². The summed E-state index contributed by atoms with van der Waals surface area (Å²) >= 11 is 0. The minimum atomic E-state index is 0.806. The molecule has 0 saturated heterocycles. The summed E-state index contributed by atoms with van der Waals surface area (Å²) in [6, 6.07) is 18.8. The van der Waals surface area contributed by atoms with Gasteiger partial charge >= 0.3 is 0 Å². The summed E-state index contributed by atoms with van der Waals surface area (Å²) in [6.45, 7) is 9.34. The minimum Gasteiger partial charge on any atom is -0.0654 e. The maximum atomic E-state index is 2.52. The summed E-state index contributed by atoms with van der Waals surface area (Å²) in [5.41, 5.74) is 3.09. The second-order valence-corrected chi connectivity index (χ2v) is 9.37. The Labute approximate surface area is 185 Å². The largest absolute Gasteiger partial charge is 0.0654 e. The molecule has 3 aromatic rings. The first-order valence-corrected chi connectivity index (χ1v) is 12.6. The molecule has 0 spiro atoms. The summed E-state index contributed by atoms with van der Waals surface area (Å²) in [5, 5.41) is 5.77. The molecule has 162 valence electrons. The second-order valence-electron chi connectivity index (χ2n) is 9.37. The van der Waals surface area contributed by atoms with Crippen LogP contribution in [-0.4, -0.2) is 0 Å². The summed E-state index contributed by atoms with van der Waals surface area (Å²) < 4.78 is 0. The van der Waals surface area contributed by atoms with E-state index in [9.17, 15) is 0 Å². The highest BCUT2D eigenvalue weighted by Crippen LogP contribution is 2.32. The van der Waals surface area contributed by atoms with Crippen LogP contribution in [0, 0.1) is 11.8 Å². The van der Waals surface area contributed by atoms with Crippen LogP contribution >= 0.6 is 0 Å². The molecule has 0 aliphatic heterocycles. The fraction of sp³-hybridized carbons (Fsp3) is 0.533. The zero-order valence-corrected chi connectivity index (χ0v) is 19.8. The van der Waals surface area contributed by atoms with Gasteiger partial charge in [0.25, 0.3) is 0 Å². The van der Waals surface area contributed by atoms with E-state index in [0.717, 1.165) is 11.8 Å². The Bertz CT molecular complexity index is 847. The Kier molecular flexibility index (Phi) is 8.79. The highest BCUT2D eigenvalue weighted by atomic mass is 14.2. The lowest BCUT2D eigenvalue weighted by atomic mass is 9.87. The van der Waals surface area contributed by atoms with Crippen LogP contribution in [-0.2, 0) is 12.8 Å². The Hall–Kier alpha value is -1.82. The van der Waals surface area contributed by atoms with Gasteiger partial charge in [-0.1, -0.05) is 115 Å². The first-order valence-electron chi connectivity index (χ1n) is 12.6. The number of benzene rings is 3. The van der Waals surface area contributed by atoms with Crippen molar-refractivity contribution in [3.05, 3.63) is 59.7 Å². The molecule has 0 fully saturated rings. The molecular formula is C30H42. The van der Waals surface area contributed by atoms with Crippen LogP contribution in [0.3, 0.4) is 0 Å². The third-order valence-corrected chi connectivity index (χ3v) is 7.16. The average Bonchev–Trinajstić information content (AvgIpc) is 2.78. The fourth-order valence-corrected chi connectivity index (χ4v) is 5.05. The summed E-state index contributed by atoms with van der Waals surface area (Å²) in [5.74, 6) is 1.61. The molecule has 30 heavy (non-hydrogen) atoms. The van der Waals surface area contributed by atoms with Crippen molar-refractivity contribution >= 4 is 21.5 Å². The lowest BCUT2D eigenvalue weighted by Crippen LogP contribution is -2.05. The van der Waals surface area contributed by atoms with Gasteiger partial charge in [-0.15, -0.1) is 0 Å². The molecule has 0 saturated carbocycles. The van der Waals surface area contributed by atoms with E-state index < -0.39 is 0 Å². The van der Waals surface area contributed by atoms with E-state index in [0.29, 0.717) is 0 Å². The first-order chi connectivity index (χ1) is 14.7. The topological polar surface area (TPSA) is 0 Å². The van der Waals surface area contributed by atoms with Crippen molar-refractivity contribution < 1.29 is 0 Å². The van der Waals surface area contributed by atoms with Crippen LogP contribution in [0.15, 0.2) is 48.5 Å². The van der Waals surface area contributed by atoms with E-state index in [1.165, 1.54) is 85.8 Å². The molecule has 0 aliphatic carbocycles. The smallest absolute Gasteiger partial charge is 0.0145 e. The summed E-state index contributed by atoms with van der Waals surface area (Å²) in [6.07, 6.45) is 13.0. The van der Waals surface area contributed by atoms with E-state index >= 15 is 0 Å². The maximum absolute atomic E-state index is 2.52. The molecule has 0 aliphatic rings. The third kappa shape index (κ3) is 5.65.